The number of nitriles is 1. The van der Waals surface area contributed by atoms with E-state index < -0.39 is 4.92 Å². The van der Waals surface area contributed by atoms with Crippen molar-refractivity contribution in [3.8, 4) is 6.07 Å². The van der Waals surface area contributed by atoms with Crippen LogP contribution in [0.5, 0.6) is 0 Å². The molecule has 2 rings (SSSR count). The minimum Gasteiger partial charge on any atom is -0.380 e. The average molecular weight is 283 g/mol. The molecular formula is C15H13N3O3. The van der Waals surface area contributed by atoms with E-state index in [1.165, 1.54) is 12.1 Å². The normalized spacial score (nSPS) is 9.90. The molecule has 0 spiro atoms. The Morgan fingerprint density at radius 1 is 1.29 bits per heavy atom. The smallest absolute Gasteiger partial charge is 0.289 e. The second kappa shape index (κ2) is 6.50. The maximum atomic E-state index is 10.9. The third kappa shape index (κ3) is 3.55. The summed E-state index contributed by atoms with van der Waals surface area (Å²) in [7, 11) is 1.62. The Hall–Kier alpha value is -2.91. The van der Waals surface area contributed by atoms with Gasteiger partial charge in [-0.15, -0.1) is 0 Å². The molecule has 2 aromatic carbocycles. The van der Waals surface area contributed by atoms with Crippen molar-refractivity contribution in [2.24, 2.45) is 0 Å². The summed E-state index contributed by atoms with van der Waals surface area (Å²) in [6.07, 6.45) is 0. The van der Waals surface area contributed by atoms with Crippen molar-refractivity contribution in [1.82, 2.24) is 0 Å². The van der Waals surface area contributed by atoms with Gasteiger partial charge in [0.05, 0.1) is 11.5 Å². The molecule has 6 heteroatoms. The number of ether oxygens (including phenoxy) is 1. The number of rotatable bonds is 5. The zero-order valence-electron chi connectivity index (χ0n) is 11.4. The highest BCUT2D eigenvalue weighted by Gasteiger charge is 2.14. The van der Waals surface area contributed by atoms with E-state index in [1.807, 2.05) is 30.3 Å². The van der Waals surface area contributed by atoms with Crippen LogP contribution in [0.1, 0.15) is 11.1 Å². The lowest BCUT2D eigenvalue weighted by atomic mass is 10.1. The van der Waals surface area contributed by atoms with Gasteiger partial charge in [-0.1, -0.05) is 12.1 Å². The van der Waals surface area contributed by atoms with Crippen LogP contribution >= 0.6 is 0 Å². The lowest BCUT2D eigenvalue weighted by molar-refractivity contribution is -0.385. The molecule has 0 amide bonds. The van der Waals surface area contributed by atoms with Crippen LogP contribution in [0.3, 0.4) is 0 Å². The first-order valence-corrected chi connectivity index (χ1v) is 6.17. The van der Waals surface area contributed by atoms with Crippen molar-refractivity contribution in [2.75, 3.05) is 12.4 Å². The molecule has 0 heterocycles. The van der Waals surface area contributed by atoms with Crippen LogP contribution < -0.4 is 5.32 Å². The molecule has 0 radical (unpaired) electrons. The lowest BCUT2D eigenvalue weighted by Gasteiger charge is -2.08. The number of methoxy groups -OCH3 is 1. The van der Waals surface area contributed by atoms with Gasteiger partial charge in [0.2, 0.25) is 0 Å². The van der Waals surface area contributed by atoms with Crippen LogP contribution in [0.4, 0.5) is 17.1 Å². The van der Waals surface area contributed by atoms with Crippen LogP contribution in [-0.2, 0) is 11.3 Å². The Morgan fingerprint density at radius 3 is 2.71 bits per heavy atom. The second-order valence-electron chi connectivity index (χ2n) is 4.36. The van der Waals surface area contributed by atoms with Gasteiger partial charge in [-0.3, -0.25) is 10.1 Å². The quantitative estimate of drug-likeness (QED) is 0.671. The van der Waals surface area contributed by atoms with Crippen molar-refractivity contribution in [2.45, 2.75) is 6.61 Å². The van der Waals surface area contributed by atoms with Crippen LogP contribution in [0, 0.1) is 21.4 Å². The zero-order valence-corrected chi connectivity index (χ0v) is 11.4. The number of nitrogens with one attached hydrogen (secondary N) is 1. The molecule has 2 aromatic rings. The average Bonchev–Trinajstić information content (AvgIpc) is 2.48. The molecule has 0 aromatic heterocycles. The van der Waals surface area contributed by atoms with Crippen molar-refractivity contribution in [3.05, 3.63) is 63.7 Å². The SMILES string of the molecule is COCc1cccc(Nc2ccc(C#N)c([N+](=O)[O-])c2)c1. The van der Waals surface area contributed by atoms with E-state index in [0.717, 1.165) is 11.3 Å². The predicted molar refractivity (Wildman–Crippen MR) is 78.2 cm³/mol. The first kappa shape index (κ1) is 14.5. The first-order valence-electron chi connectivity index (χ1n) is 6.17. The number of hydrogen-bond acceptors (Lipinski definition) is 5. The summed E-state index contributed by atoms with van der Waals surface area (Å²) in [6, 6.07) is 13.8. The number of nitrogens with zero attached hydrogens (tertiary/aromatic N) is 2. The summed E-state index contributed by atoms with van der Waals surface area (Å²) in [5.41, 5.74) is 2.17. The van der Waals surface area contributed by atoms with Gasteiger partial charge in [0, 0.05) is 24.6 Å². The van der Waals surface area contributed by atoms with Gasteiger partial charge >= 0.3 is 0 Å². The molecule has 0 atom stereocenters. The monoisotopic (exact) mass is 283 g/mol. The van der Waals surface area contributed by atoms with Gasteiger partial charge in [-0.25, -0.2) is 0 Å². The van der Waals surface area contributed by atoms with Gasteiger partial charge in [0.15, 0.2) is 0 Å². The summed E-state index contributed by atoms with van der Waals surface area (Å²) in [5, 5.41) is 22.9. The molecule has 0 unspecified atom stereocenters. The molecule has 1 N–H and O–H groups in total. The summed E-state index contributed by atoms with van der Waals surface area (Å²) in [6.45, 7) is 0.489. The molecule has 0 saturated heterocycles. The molecule has 0 saturated carbocycles. The Morgan fingerprint density at radius 2 is 2.05 bits per heavy atom. The Labute approximate surface area is 121 Å². The van der Waals surface area contributed by atoms with Gasteiger partial charge in [-0.05, 0) is 29.8 Å². The maximum Gasteiger partial charge on any atom is 0.289 e. The van der Waals surface area contributed by atoms with Crippen molar-refractivity contribution >= 4 is 17.1 Å². The van der Waals surface area contributed by atoms with Crippen molar-refractivity contribution < 1.29 is 9.66 Å². The van der Waals surface area contributed by atoms with Crippen LogP contribution in [0.25, 0.3) is 0 Å². The molecule has 6 nitrogen and oxygen atoms in total. The summed E-state index contributed by atoms with van der Waals surface area (Å²) in [4.78, 5) is 10.4. The lowest BCUT2D eigenvalue weighted by Crippen LogP contribution is -1.96. The third-order valence-corrected chi connectivity index (χ3v) is 2.84. The Kier molecular flexibility index (Phi) is 4.49. The van der Waals surface area contributed by atoms with Gasteiger partial charge < -0.3 is 10.1 Å². The number of nitro groups is 1. The highest BCUT2D eigenvalue weighted by molar-refractivity contribution is 5.65. The minimum atomic E-state index is -0.564. The topological polar surface area (TPSA) is 88.2 Å². The minimum absolute atomic E-state index is 0.0404. The Balaban J connectivity index is 2.28. The fourth-order valence-corrected chi connectivity index (χ4v) is 1.93. The molecule has 0 bridgehead atoms. The molecule has 106 valence electrons. The number of anilines is 2. The number of nitro benzene ring substituents is 1. The van der Waals surface area contributed by atoms with E-state index in [4.69, 9.17) is 10.00 Å². The number of benzene rings is 2. The van der Waals surface area contributed by atoms with E-state index in [-0.39, 0.29) is 11.3 Å². The molecule has 0 fully saturated rings. The number of hydrogen-bond donors (Lipinski definition) is 1. The highest BCUT2D eigenvalue weighted by Crippen LogP contribution is 2.25. The fraction of sp³-hybridized carbons (Fsp3) is 0.133. The largest absolute Gasteiger partial charge is 0.380 e. The van der Waals surface area contributed by atoms with Gasteiger partial charge in [-0.2, -0.15) is 5.26 Å². The van der Waals surface area contributed by atoms with Gasteiger partial charge in [0.1, 0.15) is 11.6 Å². The molecule has 0 aliphatic carbocycles. The van der Waals surface area contributed by atoms with E-state index in [2.05, 4.69) is 5.32 Å². The van der Waals surface area contributed by atoms with Crippen LogP contribution in [0.2, 0.25) is 0 Å². The highest BCUT2D eigenvalue weighted by atomic mass is 16.6. The first-order chi connectivity index (χ1) is 10.1. The molecule has 0 aliphatic heterocycles. The zero-order chi connectivity index (χ0) is 15.2. The summed E-state index contributed by atoms with van der Waals surface area (Å²) >= 11 is 0. The third-order valence-electron chi connectivity index (χ3n) is 2.84. The predicted octanol–water partition coefficient (Wildman–Crippen LogP) is 3.36. The van der Waals surface area contributed by atoms with Crippen LogP contribution in [-0.4, -0.2) is 12.0 Å². The van der Waals surface area contributed by atoms with Crippen molar-refractivity contribution in [1.29, 1.82) is 5.26 Å². The standard InChI is InChI=1S/C15H13N3O3/c1-21-10-11-3-2-4-13(7-11)17-14-6-5-12(9-16)15(8-14)18(19)20/h2-8,17H,10H2,1H3. The molecule has 21 heavy (non-hydrogen) atoms. The van der Waals surface area contributed by atoms with E-state index in [1.54, 1.807) is 13.2 Å². The van der Waals surface area contributed by atoms with E-state index in [0.29, 0.717) is 12.3 Å². The van der Waals surface area contributed by atoms with E-state index >= 15 is 0 Å². The van der Waals surface area contributed by atoms with Crippen LogP contribution in [0.15, 0.2) is 42.5 Å². The van der Waals surface area contributed by atoms with Gasteiger partial charge in [0.25, 0.3) is 5.69 Å². The summed E-state index contributed by atoms with van der Waals surface area (Å²) in [5.74, 6) is 0. The van der Waals surface area contributed by atoms with Crippen molar-refractivity contribution in [3.63, 3.8) is 0 Å². The second-order valence-corrected chi connectivity index (χ2v) is 4.36. The van der Waals surface area contributed by atoms with E-state index in [9.17, 15) is 10.1 Å². The summed E-state index contributed by atoms with van der Waals surface area (Å²) < 4.78 is 5.06. The Bertz CT molecular complexity index is 708. The fourth-order valence-electron chi connectivity index (χ4n) is 1.93. The molecule has 0 aliphatic rings. The maximum absolute atomic E-state index is 10.9. The molecular weight excluding hydrogens is 270 g/mol.